The summed E-state index contributed by atoms with van der Waals surface area (Å²) in [5.74, 6) is 2.05. The number of fused-ring (bicyclic) bond motifs is 2. The molecular weight excluding hydrogens is 558 g/mol. The van der Waals surface area contributed by atoms with Gasteiger partial charge in [-0.25, -0.2) is 0 Å². The molecule has 0 atom stereocenters. The maximum Gasteiger partial charge on any atom is 0.139 e. The van der Waals surface area contributed by atoms with Gasteiger partial charge in [-0.05, 0) is 42.6 Å². The second-order valence-corrected chi connectivity index (χ2v) is 15.8. The van der Waals surface area contributed by atoms with E-state index in [9.17, 15) is 0 Å². The van der Waals surface area contributed by atoms with Gasteiger partial charge in [-0.1, -0.05) is 172 Å². The summed E-state index contributed by atoms with van der Waals surface area (Å²) in [6.07, 6.45) is 0.923. The van der Waals surface area contributed by atoms with Gasteiger partial charge in [0.2, 0.25) is 0 Å². The molecule has 0 fully saturated rings. The Kier molecular flexibility index (Phi) is 7.71. The highest BCUT2D eigenvalue weighted by Gasteiger charge is 2.38. The average molecular weight is 593 g/mol. The van der Waals surface area contributed by atoms with E-state index in [4.69, 9.17) is 4.74 Å². The summed E-state index contributed by atoms with van der Waals surface area (Å²) in [4.78, 5) is 0. The molecule has 0 amide bonds. The average Bonchev–Trinajstić information content (AvgIpc) is 3.06. The van der Waals surface area contributed by atoms with E-state index in [1.165, 1.54) is 43.2 Å². The molecule has 0 spiro atoms. The van der Waals surface area contributed by atoms with Crippen LogP contribution in [0.3, 0.4) is 0 Å². The maximum atomic E-state index is 7.20. The number of rotatable bonds is 7. The van der Waals surface area contributed by atoms with Gasteiger partial charge in [0.15, 0.2) is 0 Å². The van der Waals surface area contributed by atoms with Crippen molar-refractivity contribution in [2.75, 3.05) is 0 Å². The number of benzene rings is 6. The molecule has 6 aromatic rings. The Labute approximate surface area is 257 Å². The molecule has 0 aromatic heterocycles. The van der Waals surface area contributed by atoms with Crippen molar-refractivity contribution in [2.24, 2.45) is 0 Å². The molecule has 1 aliphatic heterocycles. The molecule has 1 nitrogen and oxygen atoms in total. The summed E-state index contributed by atoms with van der Waals surface area (Å²) in [6.45, 7) is 4.70. The lowest BCUT2D eigenvalue weighted by Crippen LogP contribution is -2.30. The minimum Gasteiger partial charge on any atom is -0.456 e. The third kappa shape index (κ3) is 5.34. The van der Waals surface area contributed by atoms with E-state index in [2.05, 4.69) is 172 Å². The summed E-state index contributed by atoms with van der Waals surface area (Å²) in [7, 11) is -1.42. The van der Waals surface area contributed by atoms with E-state index in [0.717, 1.165) is 17.7 Å². The second-order valence-electron chi connectivity index (χ2n) is 11.4. The van der Waals surface area contributed by atoms with E-state index >= 15 is 0 Å². The van der Waals surface area contributed by atoms with Crippen LogP contribution in [0.4, 0.5) is 0 Å². The van der Waals surface area contributed by atoms with E-state index in [0.29, 0.717) is 0 Å². The number of hydrogen-bond donors (Lipinski definition) is 0. The lowest BCUT2D eigenvalue weighted by molar-refractivity contribution is 0.418. The lowest BCUT2D eigenvalue weighted by Gasteiger charge is -2.38. The zero-order valence-corrected chi connectivity index (χ0v) is 26.3. The third-order valence-electron chi connectivity index (χ3n) is 8.38. The van der Waals surface area contributed by atoms with Gasteiger partial charge in [-0.15, -0.1) is 0 Å². The normalized spacial score (nSPS) is 13.3. The molecule has 0 saturated carbocycles. The monoisotopic (exact) mass is 592 g/mol. The van der Waals surface area contributed by atoms with Crippen molar-refractivity contribution in [2.45, 2.75) is 25.4 Å². The largest absolute Gasteiger partial charge is 0.456 e. The highest BCUT2D eigenvalue weighted by molar-refractivity contribution is 7.80. The van der Waals surface area contributed by atoms with Crippen molar-refractivity contribution < 1.29 is 4.74 Å². The third-order valence-corrected chi connectivity index (χ3v) is 13.3. The van der Waals surface area contributed by atoms with Gasteiger partial charge in [0, 0.05) is 28.0 Å². The number of para-hydroxylation sites is 2. The fourth-order valence-corrected chi connectivity index (χ4v) is 10.9. The van der Waals surface area contributed by atoms with Crippen LogP contribution >= 0.6 is 15.8 Å². The Hall–Kier alpha value is -4.02. The van der Waals surface area contributed by atoms with Crippen molar-refractivity contribution in [1.82, 2.24) is 0 Å². The predicted octanol–water partition coefficient (Wildman–Crippen LogP) is 8.51. The Balaban J connectivity index is 1.37. The van der Waals surface area contributed by atoms with Gasteiger partial charge in [-0.3, -0.25) is 0 Å². The summed E-state index contributed by atoms with van der Waals surface area (Å²) in [6, 6.07) is 57.3. The molecule has 0 saturated heterocycles. The smallest absolute Gasteiger partial charge is 0.139 e. The molecule has 7 rings (SSSR count). The first kappa shape index (κ1) is 27.8. The Morgan fingerprint density at radius 1 is 0.465 bits per heavy atom. The summed E-state index contributed by atoms with van der Waals surface area (Å²) >= 11 is 0. The first-order chi connectivity index (χ1) is 21.1. The van der Waals surface area contributed by atoms with Crippen LogP contribution in [0, 0.1) is 0 Å². The molecule has 0 radical (unpaired) electrons. The van der Waals surface area contributed by atoms with Crippen LogP contribution in [-0.4, -0.2) is 0 Å². The van der Waals surface area contributed by atoms with E-state index < -0.39 is 15.8 Å². The van der Waals surface area contributed by atoms with Crippen molar-refractivity contribution in [3.05, 3.63) is 174 Å². The minimum absolute atomic E-state index is 0.203. The van der Waals surface area contributed by atoms with Crippen LogP contribution in [-0.2, 0) is 11.6 Å². The van der Waals surface area contributed by atoms with Crippen LogP contribution in [0.15, 0.2) is 158 Å². The Bertz CT molecular complexity index is 1760. The molecule has 1 aliphatic rings. The highest BCUT2D eigenvalue weighted by Crippen LogP contribution is 2.53. The van der Waals surface area contributed by atoms with Crippen molar-refractivity contribution >= 4 is 42.4 Å². The van der Waals surface area contributed by atoms with Crippen LogP contribution in [0.5, 0.6) is 11.5 Å². The van der Waals surface area contributed by atoms with Crippen molar-refractivity contribution in [3.63, 3.8) is 0 Å². The van der Waals surface area contributed by atoms with Crippen LogP contribution in [0.25, 0.3) is 0 Å². The fourth-order valence-electron chi connectivity index (χ4n) is 6.17. The zero-order chi connectivity index (χ0) is 29.2. The van der Waals surface area contributed by atoms with Gasteiger partial charge < -0.3 is 4.74 Å². The Morgan fingerprint density at radius 2 is 0.907 bits per heavy atom. The van der Waals surface area contributed by atoms with Gasteiger partial charge in [0.25, 0.3) is 0 Å². The molecule has 43 heavy (non-hydrogen) atoms. The SMILES string of the molecule is CC1(C)c2cccc(CP(c3ccccc3)c3ccccc3)c2Oc2c(P(c3ccccc3)c3ccccc3)cccc21. The van der Waals surface area contributed by atoms with Gasteiger partial charge in [0.1, 0.15) is 11.5 Å². The standard InChI is InChI=1S/C40H34OP2/c1-40(2)35-26-15-17-30(29-42(31-18-7-3-8-19-31)32-20-9-4-10-21-32)38(35)41-39-36(40)27-16-28-37(39)43(33-22-11-5-12-23-33)34-24-13-6-14-25-34/h3-28H,29H2,1-2H3. The minimum atomic E-state index is -0.811. The van der Waals surface area contributed by atoms with Crippen LogP contribution < -0.4 is 31.3 Å². The van der Waals surface area contributed by atoms with E-state index in [-0.39, 0.29) is 5.41 Å². The second kappa shape index (κ2) is 11.9. The molecule has 0 bridgehead atoms. The first-order valence-electron chi connectivity index (χ1n) is 14.8. The molecule has 0 N–H and O–H groups in total. The van der Waals surface area contributed by atoms with Crippen molar-refractivity contribution in [3.8, 4) is 11.5 Å². The molecule has 0 aliphatic carbocycles. The van der Waals surface area contributed by atoms with Gasteiger partial charge in [0.05, 0.1) is 0 Å². The number of ether oxygens (including phenoxy) is 1. The lowest BCUT2D eigenvalue weighted by atomic mass is 9.75. The van der Waals surface area contributed by atoms with Crippen molar-refractivity contribution in [1.29, 1.82) is 0 Å². The van der Waals surface area contributed by atoms with Crippen LogP contribution in [0.1, 0.15) is 30.5 Å². The molecular formula is C40H34OP2. The van der Waals surface area contributed by atoms with Gasteiger partial charge >= 0.3 is 0 Å². The van der Waals surface area contributed by atoms with Crippen LogP contribution in [0.2, 0.25) is 0 Å². The topological polar surface area (TPSA) is 9.23 Å². The maximum absolute atomic E-state index is 7.20. The summed E-state index contributed by atoms with van der Waals surface area (Å²) in [5, 5.41) is 6.69. The Morgan fingerprint density at radius 3 is 1.42 bits per heavy atom. The summed E-state index contributed by atoms with van der Waals surface area (Å²) in [5.41, 5.74) is 3.58. The van der Waals surface area contributed by atoms with E-state index in [1.807, 2.05) is 0 Å². The van der Waals surface area contributed by atoms with E-state index in [1.54, 1.807) is 0 Å². The highest BCUT2D eigenvalue weighted by atomic mass is 31.1. The molecule has 0 unspecified atom stereocenters. The molecule has 210 valence electrons. The zero-order valence-electron chi connectivity index (χ0n) is 24.5. The molecule has 3 heteroatoms. The molecule has 1 heterocycles. The predicted molar refractivity (Wildman–Crippen MR) is 187 cm³/mol. The summed E-state index contributed by atoms with van der Waals surface area (Å²) < 4.78 is 7.20. The number of hydrogen-bond acceptors (Lipinski definition) is 1. The quantitative estimate of drug-likeness (QED) is 0.169. The molecule has 6 aromatic carbocycles. The fraction of sp³-hybridized carbons (Fsp3) is 0.100. The van der Waals surface area contributed by atoms with Gasteiger partial charge in [-0.2, -0.15) is 0 Å². The first-order valence-corrected chi connectivity index (χ1v) is 17.7.